The first kappa shape index (κ1) is 20.7. The van der Waals surface area contributed by atoms with Gasteiger partial charge in [0, 0.05) is 37.9 Å². The van der Waals surface area contributed by atoms with E-state index in [1.807, 2.05) is 11.7 Å². The van der Waals surface area contributed by atoms with E-state index in [0.29, 0.717) is 6.04 Å². The first-order chi connectivity index (χ1) is 11.7. The second-order valence-electron chi connectivity index (χ2n) is 7.84. The normalized spacial score (nSPS) is 25.9. The number of nitrogens with one attached hydrogen (secondary N) is 1. The van der Waals surface area contributed by atoms with Crippen molar-refractivity contribution in [3.05, 3.63) is 18.0 Å². The van der Waals surface area contributed by atoms with Gasteiger partial charge in [0.05, 0.1) is 6.20 Å². The Labute approximate surface area is 159 Å². The van der Waals surface area contributed by atoms with Crippen LogP contribution < -0.4 is 5.32 Å². The van der Waals surface area contributed by atoms with Gasteiger partial charge in [0.25, 0.3) is 0 Å². The fourth-order valence-corrected chi connectivity index (χ4v) is 4.75. The molecule has 3 rings (SSSR count). The molecule has 6 heteroatoms. The van der Waals surface area contributed by atoms with E-state index in [0.717, 1.165) is 18.4 Å². The molecular weight excluding hydrogens is 334 g/mol. The van der Waals surface area contributed by atoms with Gasteiger partial charge in [0.1, 0.15) is 0 Å². The van der Waals surface area contributed by atoms with E-state index in [4.69, 9.17) is 0 Å². The van der Waals surface area contributed by atoms with Crippen molar-refractivity contribution in [2.24, 2.45) is 18.9 Å². The molecule has 2 aliphatic heterocycles. The van der Waals surface area contributed by atoms with Crippen LogP contribution in [0, 0.1) is 11.8 Å². The summed E-state index contributed by atoms with van der Waals surface area (Å²) in [5.74, 6) is 1.59. The number of piperidine rings is 2. The summed E-state index contributed by atoms with van der Waals surface area (Å²) >= 11 is 0. The molecule has 0 saturated carbocycles. The maximum absolute atomic E-state index is 4.44. The standard InChI is InChI=1S/C19H35N5.ClH/c1-4-24-11-5-6-17(19(24)18-12-21-23(3)15-18)14-22(2)13-16-7-9-20-10-8-16;/h12,15-17,19-20H,4-11,13-14H2,1-3H3;1H/t17-,19+;/m0./s1. The van der Waals surface area contributed by atoms with E-state index in [-0.39, 0.29) is 12.4 Å². The minimum atomic E-state index is 0. The van der Waals surface area contributed by atoms with Crippen molar-refractivity contribution < 1.29 is 0 Å². The first-order valence-corrected chi connectivity index (χ1v) is 9.79. The minimum Gasteiger partial charge on any atom is -0.317 e. The number of aromatic nitrogens is 2. The largest absolute Gasteiger partial charge is 0.317 e. The highest BCUT2D eigenvalue weighted by molar-refractivity contribution is 5.85. The van der Waals surface area contributed by atoms with Crippen LogP contribution in [0.2, 0.25) is 0 Å². The molecule has 2 aliphatic rings. The summed E-state index contributed by atoms with van der Waals surface area (Å²) in [6.45, 7) is 9.51. The van der Waals surface area contributed by atoms with Crippen LogP contribution in [-0.2, 0) is 7.05 Å². The summed E-state index contributed by atoms with van der Waals surface area (Å²) < 4.78 is 1.95. The lowest BCUT2D eigenvalue weighted by Gasteiger charge is -2.42. The third kappa shape index (κ3) is 5.43. The molecule has 2 atom stereocenters. The maximum Gasteiger partial charge on any atom is 0.0537 e. The summed E-state index contributed by atoms with van der Waals surface area (Å²) in [6.07, 6.45) is 9.64. The van der Waals surface area contributed by atoms with Crippen LogP contribution in [0.4, 0.5) is 0 Å². The molecule has 2 fully saturated rings. The highest BCUT2D eigenvalue weighted by atomic mass is 35.5. The van der Waals surface area contributed by atoms with Crippen LogP contribution >= 0.6 is 12.4 Å². The second-order valence-corrected chi connectivity index (χ2v) is 7.84. The van der Waals surface area contributed by atoms with Crippen LogP contribution in [0.1, 0.15) is 44.2 Å². The van der Waals surface area contributed by atoms with Crippen LogP contribution in [-0.4, -0.2) is 65.9 Å². The zero-order valence-electron chi connectivity index (χ0n) is 16.2. The van der Waals surface area contributed by atoms with Crippen LogP contribution in [0.15, 0.2) is 12.4 Å². The zero-order chi connectivity index (χ0) is 16.9. The predicted molar refractivity (Wildman–Crippen MR) is 106 cm³/mol. The van der Waals surface area contributed by atoms with Crippen molar-refractivity contribution in [3.8, 4) is 0 Å². The number of rotatable bonds is 6. The molecular formula is C19H36ClN5. The van der Waals surface area contributed by atoms with E-state index in [1.165, 1.54) is 64.0 Å². The highest BCUT2D eigenvalue weighted by Gasteiger charge is 2.33. The van der Waals surface area contributed by atoms with E-state index in [2.05, 4.69) is 46.6 Å². The lowest BCUT2D eigenvalue weighted by atomic mass is 9.85. The average molecular weight is 370 g/mol. The number of hydrogen-bond donors (Lipinski definition) is 1. The van der Waals surface area contributed by atoms with Gasteiger partial charge >= 0.3 is 0 Å². The molecule has 0 aliphatic carbocycles. The molecule has 144 valence electrons. The molecule has 0 radical (unpaired) electrons. The van der Waals surface area contributed by atoms with Gasteiger partial charge in [-0.05, 0) is 70.7 Å². The predicted octanol–water partition coefficient (Wildman–Crippen LogP) is 2.55. The molecule has 3 heterocycles. The summed E-state index contributed by atoms with van der Waals surface area (Å²) in [5.41, 5.74) is 1.40. The van der Waals surface area contributed by atoms with Gasteiger partial charge in [-0.25, -0.2) is 0 Å². The van der Waals surface area contributed by atoms with Crippen molar-refractivity contribution in [1.29, 1.82) is 0 Å². The van der Waals surface area contributed by atoms with Gasteiger partial charge in [0.2, 0.25) is 0 Å². The molecule has 0 spiro atoms. The van der Waals surface area contributed by atoms with E-state index in [9.17, 15) is 0 Å². The molecule has 0 amide bonds. The molecule has 5 nitrogen and oxygen atoms in total. The summed E-state index contributed by atoms with van der Waals surface area (Å²) in [5, 5.41) is 7.92. The lowest BCUT2D eigenvalue weighted by Crippen LogP contribution is -2.44. The third-order valence-corrected chi connectivity index (χ3v) is 5.91. The topological polar surface area (TPSA) is 36.3 Å². The Kier molecular flexibility index (Phi) is 8.20. The Morgan fingerprint density at radius 3 is 2.64 bits per heavy atom. The Hall–Kier alpha value is -0.620. The molecule has 0 aromatic carbocycles. The maximum atomic E-state index is 4.44. The fourth-order valence-electron chi connectivity index (χ4n) is 4.75. The van der Waals surface area contributed by atoms with E-state index in [1.54, 1.807) is 0 Å². The first-order valence-electron chi connectivity index (χ1n) is 9.79. The highest BCUT2D eigenvalue weighted by Crippen LogP contribution is 2.36. The van der Waals surface area contributed by atoms with Gasteiger partial charge < -0.3 is 10.2 Å². The van der Waals surface area contributed by atoms with Gasteiger partial charge in [0.15, 0.2) is 0 Å². The Balaban J connectivity index is 0.00000225. The van der Waals surface area contributed by atoms with Gasteiger partial charge in [-0.2, -0.15) is 5.10 Å². The van der Waals surface area contributed by atoms with Crippen LogP contribution in [0.3, 0.4) is 0 Å². The minimum absolute atomic E-state index is 0. The SMILES string of the molecule is CCN1CCC[C@@H](CN(C)CC2CCNCC2)[C@@H]1c1cnn(C)c1.Cl. The molecule has 2 saturated heterocycles. The smallest absolute Gasteiger partial charge is 0.0537 e. The average Bonchev–Trinajstić information content (AvgIpc) is 3.01. The number of likely N-dealkylation sites (tertiary alicyclic amines) is 1. The molecule has 25 heavy (non-hydrogen) atoms. The van der Waals surface area contributed by atoms with Gasteiger partial charge in [-0.1, -0.05) is 6.92 Å². The van der Waals surface area contributed by atoms with Crippen LogP contribution in [0.25, 0.3) is 0 Å². The number of nitrogens with zero attached hydrogens (tertiary/aromatic N) is 4. The number of halogens is 1. The van der Waals surface area contributed by atoms with Crippen molar-refractivity contribution in [1.82, 2.24) is 24.9 Å². The van der Waals surface area contributed by atoms with E-state index >= 15 is 0 Å². The molecule has 0 unspecified atom stereocenters. The molecule has 1 N–H and O–H groups in total. The molecule has 1 aromatic rings. The number of aryl methyl sites for hydroxylation is 1. The van der Waals surface area contributed by atoms with Crippen molar-refractivity contribution >= 4 is 12.4 Å². The van der Waals surface area contributed by atoms with Crippen molar-refractivity contribution in [2.75, 3.05) is 46.3 Å². The molecule has 0 bridgehead atoms. The quantitative estimate of drug-likeness (QED) is 0.836. The fraction of sp³-hybridized carbons (Fsp3) is 0.842. The Morgan fingerprint density at radius 2 is 2.00 bits per heavy atom. The third-order valence-electron chi connectivity index (χ3n) is 5.91. The summed E-state index contributed by atoms with van der Waals surface area (Å²) in [6, 6.07) is 0.535. The van der Waals surface area contributed by atoms with E-state index < -0.39 is 0 Å². The van der Waals surface area contributed by atoms with Gasteiger partial charge in [-0.15, -0.1) is 12.4 Å². The van der Waals surface area contributed by atoms with Crippen molar-refractivity contribution in [3.63, 3.8) is 0 Å². The van der Waals surface area contributed by atoms with Crippen molar-refractivity contribution in [2.45, 2.75) is 38.6 Å². The summed E-state index contributed by atoms with van der Waals surface area (Å²) in [7, 11) is 4.36. The summed E-state index contributed by atoms with van der Waals surface area (Å²) in [4.78, 5) is 5.26. The monoisotopic (exact) mass is 369 g/mol. The molecule has 1 aromatic heterocycles. The Morgan fingerprint density at radius 1 is 1.24 bits per heavy atom. The lowest BCUT2D eigenvalue weighted by molar-refractivity contribution is 0.0715. The second kappa shape index (κ2) is 9.91. The number of hydrogen-bond acceptors (Lipinski definition) is 4. The van der Waals surface area contributed by atoms with Crippen LogP contribution in [0.5, 0.6) is 0 Å². The zero-order valence-corrected chi connectivity index (χ0v) is 17.0. The Bertz CT molecular complexity index is 500. The van der Waals surface area contributed by atoms with Gasteiger partial charge in [-0.3, -0.25) is 9.58 Å².